The average Bonchev–Trinajstić information content (AvgIpc) is 3.15. The largest absolute Gasteiger partial charge is 0.484 e. The summed E-state index contributed by atoms with van der Waals surface area (Å²) in [5.41, 5.74) is 4.40. The lowest BCUT2D eigenvalue weighted by Gasteiger charge is -2.12. The van der Waals surface area contributed by atoms with Crippen LogP contribution < -0.4 is 10.1 Å². The van der Waals surface area contributed by atoms with E-state index in [1.807, 2.05) is 50.2 Å². The van der Waals surface area contributed by atoms with Crippen molar-refractivity contribution in [2.75, 3.05) is 11.9 Å². The van der Waals surface area contributed by atoms with Gasteiger partial charge in [-0.15, -0.1) is 0 Å². The van der Waals surface area contributed by atoms with Gasteiger partial charge in [0.2, 0.25) is 0 Å². The zero-order valence-electron chi connectivity index (χ0n) is 16.7. The number of ether oxygens (including phenoxy) is 1. The van der Waals surface area contributed by atoms with Gasteiger partial charge in [-0.2, -0.15) is 0 Å². The van der Waals surface area contributed by atoms with Gasteiger partial charge >= 0.3 is 0 Å². The van der Waals surface area contributed by atoms with Crippen molar-refractivity contribution in [3.63, 3.8) is 0 Å². The maximum atomic E-state index is 12.5. The smallest absolute Gasteiger partial charge is 0.262 e. The van der Waals surface area contributed by atoms with E-state index in [9.17, 15) is 4.79 Å². The summed E-state index contributed by atoms with van der Waals surface area (Å²) in [6.07, 6.45) is 5.44. The number of nitrogens with one attached hydrogen (secondary N) is 1. The lowest BCUT2D eigenvalue weighted by atomic mass is 10.1. The van der Waals surface area contributed by atoms with Crippen molar-refractivity contribution >= 4 is 23.2 Å². The van der Waals surface area contributed by atoms with Gasteiger partial charge in [-0.25, -0.2) is 4.98 Å². The molecular formula is C23H24ClN3O2. The van der Waals surface area contributed by atoms with Gasteiger partial charge in [0.05, 0.1) is 11.4 Å². The second-order valence-electron chi connectivity index (χ2n) is 7.45. The van der Waals surface area contributed by atoms with Crippen molar-refractivity contribution in [3.8, 4) is 17.0 Å². The fourth-order valence-corrected chi connectivity index (χ4v) is 3.79. The number of carbonyl (C=O) groups is 1. The standard InChI is InChI=1S/C23H24ClN3O2/c1-15-11-17(12-16(2)23(15)24)29-14-22(28)26-19-8-4-3-7-18(19)20-13-27-10-6-5-9-21(27)25-20/h3-4,7-8,11-13H,5-6,9-10,14H2,1-2H3,(H,26,28). The number of hydrogen-bond acceptors (Lipinski definition) is 3. The van der Waals surface area contributed by atoms with Gasteiger partial charge in [0.15, 0.2) is 6.61 Å². The monoisotopic (exact) mass is 409 g/mol. The summed E-state index contributed by atoms with van der Waals surface area (Å²) in [6, 6.07) is 11.4. The average molecular weight is 410 g/mol. The van der Waals surface area contributed by atoms with Crippen LogP contribution in [0.3, 0.4) is 0 Å². The van der Waals surface area contributed by atoms with Crippen molar-refractivity contribution in [2.45, 2.75) is 39.7 Å². The van der Waals surface area contributed by atoms with Crippen LogP contribution in [0.25, 0.3) is 11.3 Å². The molecule has 0 atom stereocenters. The molecule has 0 saturated heterocycles. The molecule has 1 aromatic heterocycles. The fourth-order valence-electron chi connectivity index (χ4n) is 3.68. The molecule has 1 amide bonds. The molecule has 6 heteroatoms. The number of anilines is 1. The van der Waals surface area contributed by atoms with E-state index in [1.54, 1.807) is 0 Å². The molecular weight excluding hydrogens is 386 g/mol. The molecule has 0 saturated carbocycles. The Bertz CT molecular complexity index is 1010. The van der Waals surface area contributed by atoms with E-state index in [4.69, 9.17) is 21.3 Å². The summed E-state index contributed by atoms with van der Waals surface area (Å²) in [5, 5.41) is 3.68. The Balaban J connectivity index is 1.47. The molecule has 0 radical (unpaired) electrons. The number of para-hydroxylation sites is 1. The van der Waals surface area contributed by atoms with E-state index in [2.05, 4.69) is 16.1 Å². The highest BCUT2D eigenvalue weighted by Gasteiger charge is 2.16. The van der Waals surface area contributed by atoms with Crippen molar-refractivity contribution in [2.24, 2.45) is 0 Å². The highest BCUT2D eigenvalue weighted by molar-refractivity contribution is 6.32. The first kappa shape index (κ1) is 19.5. The SMILES string of the molecule is Cc1cc(OCC(=O)Nc2ccccc2-c2cn3c(n2)CCCC3)cc(C)c1Cl. The van der Waals surface area contributed by atoms with Crippen LogP contribution in [-0.2, 0) is 17.8 Å². The topological polar surface area (TPSA) is 56.1 Å². The van der Waals surface area contributed by atoms with Crippen LogP contribution >= 0.6 is 11.6 Å². The van der Waals surface area contributed by atoms with Gasteiger partial charge in [0, 0.05) is 29.7 Å². The molecule has 2 heterocycles. The maximum Gasteiger partial charge on any atom is 0.262 e. The third-order valence-electron chi connectivity index (χ3n) is 5.17. The van der Waals surface area contributed by atoms with Crippen LogP contribution in [0.4, 0.5) is 5.69 Å². The van der Waals surface area contributed by atoms with E-state index in [1.165, 1.54) is 12.8 Å². The summed E-state index contributed by atoms with van der Waals surface area (Å²) >= 11 is 6.19. The molecule has 1 N–H and O–H groups in total. The Labute approximate surface area is 175 Å². The fraction of sp³-hybridized carbons (Fsp3) is 0.304. The van der Waals surface area contributed by atoms with Crippen LogP contribution in [0.5, 0.6) is 5.75 Å². The van der Waals surface area contributed by atoms with Gasteiger partial charge in [0.25, 0.3) is 5.91 Å². The minimum absolute atomic E-state index is 0.0749. The number of aryl methyl sites for hydroxylation is 4. The van der Waals surface area contributed by atoms with Gasteiger partial charge in [0.1, 0.15) is 11.6 Å². The van der Waals surface area contributed by atoms with Crippen LogP contribution in [0.1, 0.15) is 29.8 Å². The summed E-state index contributed by atoms with van der Waals surface area (Å²) < 4.78 is 7.89. The third-order valence-corrected chi connectivity index (χ3v) is 5.76. The number of benzene rings is 2. The molecule has 1 aliphatic heterocycles. The number of nitrogens with zero attached hydrogens (tertiary/aromatic N) is 2. The van der Waals surface area contributed by atoms with E-state index in [0.29, 0.717) is 5.75 Å². The molecule has 0 bridgehead atoms. The minimum atomic E-state index is -0.216. The molecule has 0 fully saturated rings. The molecule has 4 rings (SSSR count). The molecule has 5 nitrogen and oxygen atoms in total. The van der Waals surface area contributed by atoms with Gasteiger partial charge in [-0.3, -0.25) is 4.79 Å². The van der Waals surface area contributed by atoms with Crippen molar-refractivity contribution in [1.82, 2.24) is 9.55 Å². The summed E-state index contributed by atoms with van der Waals surface area (Å²) in [6.45, 7) is 4.77. The van der Waals surface area contributed by atoms with Crippen LogP contribution in [-0.4, -0.2) is 22.1 Å². The Morgan fingerprint density at radius 1 is 1.21 bits per heavy atom. The van der Waals surface area contributed by atoms with Crippen molar-refractivity contribution in [3.05, 3.63) is 64.6 Å². The summed E-state index contributed by atoms with van der Waals surface area (Å²) in [5.74, 6) is 1.53. The molecule has 150 valence electrons. The zero-order valence-corrected chi connectivity index (χ0v) is 17.4. The first-order valence-electron chi connectivity index (χ1n) is 9.86. The highest BCUT2D eigenvalue weighted by Crippen LogP contribution is 2.29. The second kappa shape index (κ2) is 8.29. The molecule has 0 aliphatic carbocycles. The second-order valence-corrected chi connectivity index (χ2v) is 7.82. The molecule has 29 heavy (non-hydrogen) atoms. The van der Waals surface area contributed by atoms with Gasteiger partial charge < -0.3 is 14.6 Å². The Morgan fingerprint density at radius 3 is 2.72 bits per heavy atom. The third kappa shape index (κ3) is 4.30. The van der Waals surface area contributed by atoms with E-state index < -0.39 is 0 Å². The normalized spacial score (nSPS) is 13.1. The Hall–Kier alpha value is -2.79. The minimum Gasteiger partial charge on any atom is -0.484 e. The zero-order chi connectivity index (χ0) is 20.4. The van der Waals surface area contributed by atoms with Gasteiger partial charge in [-0.1, -0.05) is 29.8 Å². The number of hydrogen-bond donors (Lipinski definition) is 1. The predicted molar refractivity (Wildman–Crippen MR) is 116 cm³/mol. The molecule has 1 aliphatic rings. The molecule has 3 aromatic rings. The van der Waals surface area contributed by atoms with E-state index in [0.717, 1.165) is 51.9 Å². The Morgan fingerprint density at radius 2 is 1.97 bits per heavy atom. The summed E-state index contributed by atoms with van der Waals surface area (Å²) in [4.78, 5) is 17.3. The predicted octanol–water partition coefficient (Wildman–Crippen LogP) is 5.17. The van der Waals surface area contributed by atoms with Crippen LogP contribution in [0.15, 0.2) is 42.6 Å². The van der Waals surface area contributed by atoms with Crippen molar-refractivity contribution < 1.29 is 9.53 Å². The number of imidazole rings is 1. The quantitative estimate of drug-likeness (QED) is 0.632. The number of halogens is 1. The highest BCUT2D eigenvalue weighted by atomic mass is 35.5. The lowest BCUT2D eigenvalue weighted by Crippen LogP contribution is -2.20. The number of rotatable bonds is 5. The van der Waals surface area contributed by atoms with E-state index in [-0.39, 0.29) is 12.5 Å². The first-order valence-corrected chi connectivity index (χ1v) is 10.2. The number of aromatic nitrogens is 2. The number of fused-ring (bicyclic) bond motifs is 1. The summed E-state index contributed by atoms with van der Waals surface area (Å²) in [7, 11) is 0. The first-order chi connectivity index (χ1) is 14.0. The van der Waals surface area contributed by atoms with Gasteiger partial charge in [-0.05, 0) is 56.0 Å². The lowest BCUT2D eigenvalue weighted by molar-refractivity contribution is -0.118. The number of amides is 1. The molecule has 0 spiro atoms. The maximum absolute atomic E-state index is 12.5. The molecule has 0 unspecified atom stereocenters. The Kier molecular flexibility index (Phi) is 5.58. The number of carbonyl (C=O) groups excluding carboxylic acids is 1. The van der Waals surface area contributed by atoms with Crippen molar-refractivity contribution in [1.29, 1.82) is 0 Å². The van der Waals surface area contributed by atoms with Crippen LogP contribution in [0, 0.1) is 13.8 Å². The molecule has 2 aromatic carbocycles. The van der Waals surface area contributed by atoms with E-state index >= 15 is 0 Å². The van der Waals surface area contributed by atoms with Crippen LogP contribution in [0.2, 0.25) is 5.02 Å².